The molecule has 0 radical (unpaired) electrons. The average molecular weight is 474 g/mol. The molecule has 184 valence electrons. The molecular formula is C29H35N3O3. The summed E-state index contributed by atoms with van der Waals surface area (Å²) in [5.74, 6) is 1.44. The van der Waals surface area contributed by atoms with E-state index in [1.807, 2.05) is 36.4 Å². The van der Waals surface area contributed by atoms with Gasteiger partial charge in [0.05, 0.1) is 6.61 Å². The van der Waals surface area contributed by atoms with Crippen LogP contribution in [0.3, 0.4) is 0 Å². The van der Waals surface area contributed by atoms with Crippen molar-refractivity contribution >= 4 is 5.91 Å². The molecule has 2 saturated carbocycles. The smallest absolute Gasteiger partial charge is 0.254 e. The Balaban J connectivity index is 1.34. The van der Waals surface area contributed by atoms with Crippen LogP contribution in [0.2, 0.25) is 0 Å². The minimum Gasteiger partial charge on any atom is -0.508 e. The third kappa shape index (κ3) is 2.73. The first-order chi connectivity index (χ1) is 17.0. The van der Waals surface area contributed by atoms with Gasteiger partial charge in [0.1, 0.15) is 5.75 Å². The van der Waals surface area contributed by atoms with Gasteiger partial charge >= 0.3 is 0 Å². The number of nitrogens with zero attached hydrogens (tertiary/aromatic N) is 2. The number of phenols is 1. The van der Waals surface area contributed by atoms with Crippen molar-refractivity contribution in [2.24, 2.45) is 23.0 Å². The molecule has 4 N–H and O–H groups in total. The van der Waals surface area contributed by atoms with Crippen LogP contribution >= 0.6 is 0 Å². The van der Waals surface area contributed by atoms with Crippen LogP contribution in [0.5, 0.6) is 5.75 Å². The van der Waals surface area contributed by atoms with Gasteiger partial charge in [-0.25, -0.2) is 0 Å². The van der Waals surface area contributed by atoms with Crippen molar-refractivity contribution in [1.82, 2.24) is 9.80 Å². The fraction of sp³-hybridized carbons (Fsp3) is 0.552. The Bertz CT molecular complexity index is 1170. The average Bonchev–Trinajstić information content (AvgIpc) is 3.32. The maximum atomic E-state index is 13.6. The molecule has 0 aromatic heterocycles. The number of hydrogen-bond donors (Lipinski definition) is 3. The van der Waals surface area contributed by atoms with Crippen LogP contribution in [0.1, 0.15) is 47.2 Å². The molecule has 2 saturated heterocycles. The van der Waals surface area contributed by atoms with Gasteiger partial charge in [-0.1, -0.05) is 24.3 Å². The van der Waals surface area contributed by atoms with E-state index in [4.69, 9.17) is 5.73 Å². The highest BCUT2D eigenvalue weighted by Gasteiger charge is 2.76. The highest BCUT2D eigenvalue weighted by Crippen LogP contribution is 2.75. The van der Waals surface area contributed by atoms with Crippen molar-refractivity contribution < 1.29 is 15.0 Å². The lowest BCUT2D eigenvalue weighted by atomic mass is 9.43. The van der Waals surface area contributed by atoms with Crippen molar-refractivity contribution in [1.29, 1.82) is 0 Å². The van der Waals surface area contributed by atoms with Gasteiger partial charge in [-0.3, -0.25) is 9.69 Å². The summed E-state index contributed by atoms with van der Waals surface area (Å²) in [6.07, 6.45) is 5.30. The number of likely N-dealkylation sites (tertiary alicyclic amines) is 2. The van der Waals surface area contributed by atoms with E-state index in [0.717, 1.165) is 57.3 Å². The lowest BCUT2D eigenvalue weighted by molar-refractivity contribution is -0.103. The maximum absolute atomic E-state index is 13.6. The van der Waals surface area contributed by atoms with Crippen molar-refractivity contribution in [3.63, 3.8) is 0 Å². The number of hydrogen-bond acceptors (Lipinski definition) is 5. The molecule has 6 heteroatoms. The third-order valence-corrected chi connectivity index (χ3v) is 10.6. The highest BCUT2D eigenvalue weighted by atomic mass is 16.3. The Kier molecular flexibility index (Phi) is 4.71. The summed E-state index contributed by atoms with van der Waals surface area (Å²) in [6.45, 7) is 2.53. The molecule has 2 aromatic rings. The molecule has 0 unspecified atom stereocenters. The summed E-state index contributed by atoms with van der Waals surface area (Å²) in [7, 11) is 0. The van der Waals surface area contributed by atoms with E-state index in [0.29, 0.717) is 23.6 Å². The van der Waals surface area contributed by atoms with Crippen LogP contribution in [0.15, 0.2) is 48.5 Å². The second kappa shape index (κ2) is 7.55. The molecule has 4 fully saturated rings. The second-order valence-corrected chi connectivity index (χ2v) is 11.8. The first-order valence-electron chi connectivity index (χ1n) is 13.3. The fourth-order valence-electron chi connectivity index (χ4n) is 9.65. The topological polar surface area (TPSA) is 90.0 Å². The van der Waals surface area contributed by atoms with Crippen LogP contribution in [-0.4, -0.2) is 70.3 Å². The van der Waals surface area contributed by atoms with Gasteiger partial charge in [-0.2, -0.15) is 0 Å². The minimum atomic E-state index is -0.226. The predicted molar refractivity (Wildman–Crippen MR) is 133 cm³/mol. The van der Waals surface area contributed by atoms with E-state index in [1.54, 1.807) is 0 Å². The molecule has 2 heterocycles. The number of benzene rings is 2. The molecule has 6 nitrogen and oxygen atoms in total. The van der Waals surface area contributed by atoms with E-state index in [2.05, 4.69) is 21.9 Å². The lowest BCUT2D eigenvalue weighted by Crippen LogP contribution is -2.70. The van der Waals surface area contributed by atoms with Gasteiger partial charge in [0.2, 0.25) is 0 Å². The Morgan fingerprint density at radius 2 is 2.00 bits per heavy atom. The Labute approximate surface area is 206 Å². The SMILES string of the molecule is N[C@H](CO)CN1CC[C@@]23c4cc(O)ccc4C[C@@H]1[C@]21CC[C@@H]2[C@H]3[C@@H](CN2C(=O)c2ccccc2)C1. The third-order valence-electron chi connectivity index (χ3n) is 10.6. The molecule has 7 atom stereocenters. The molecule has 3 aliphatic carbocycles. The van der Waals surface area contributed by atoms with Crippen molar-refractivity contribution in [2.75, 3.05) is 26.2 Å². The highest BCUT2D eigenvalue weighted by molar-refractivity contribution is 5.94. The van der Waals surface area contributed by atoms with Crippen molar-refractivity contribution in [2.45, 2.75) is 55.6 Å². The standard InChI is InChI=1S/C29H35N3O3/c30-21(17-33)16-31-11-10-29-23-13-22(34)7-6-19(23)12-25(31)28(29)9-8-24-26(29)20(14-28)15-32(24)27(35)18-4-2-1-3-5-18/h1-7,13,20-21,24-26,33-34H,8-12,14-17,30H2/t20-,21+,24-,25-,26-,28-,29+/m1/s1. The number of piperidine rings is 1. The lowest BCUT2D eigenvalue weighted by Gasteiger charge is -2.66. The van der Waals surface area contributed by atoms with Crippen molar-refractivity contribution in [3.05, 3.63) is 65.2 Å². The number of aromatic hydroxyl groups is 1. The monoisotopic (exact) mass is 473 g/mol. The van der Waals surface area contributed by atoms with Gasteiger partial charge in [-0.05, 0) is 91.3 Å². The zero-order chi connectivity index (χ0) is 23.9. The minimum absolute atomic E-state index is 0.00963. The summed E-state index contributed by atoms with van der Waals surface area (Å²) in [5.41, 5.74) is 9.87. The molecule has 2 aliphatic heterocycles. The molecule has 0 spiro atoms. The normalized spacial score (nSPS) is 37.6. The van der Waals surface area contributed by atoms with Gasteiger partial charge in [0.25, 0.3) is 5.91 Å². The molecule has 2 aromatic carbocycles. The summed E-state index contributed by atoms with van der Waals surface area (Å²) in [4.78, 5) is 18.4. The molecule has 35 heavy (non-hydrogen) atoms. The van der Waals surface area contributed by atoms with Gasteiger partial charge in [0.15, 0.2) is 0 Å². The van der Waals surface area contributed by atoms with Gasteiger partial charge < -0.3 is 20.8 Å². The van der Waals surface area contributed by atoms with E-state index in [9.17, 15) is 15.0 Å². The molecular weight excluding hydrogens is 438 g/mol. The van der Waals surface area contributed by atoms with Crippen LogP contribution < -0.4 is 5.73 Å². The summed E-state index contributed by atoms with van der Waals surface area (Å²) in [6, 6.07) is 16.2. The number of amides is 1. The number of carbonyl (C=O) groups is 1. The van der Waals surface area contributed by atoms with Gasteiger partial charge in [-0.15, -0.1) is 0 Å². The predicted octanol–water partition coefficient (Wildman–Crippen LogP) is 2.52. The van der Waals surface area contributed by atoms with Crippen LogP contribution in [0.4, 0.5) is 0 Å². The van der Waals surface area contributed by atoms with Gasteiger partial charge in [0, 0.05) is 42.2 Å². The maximum Gasteiger partial charge on any atom is 0.254 e. The first-order valence-corrected chi connectivity index (χ1v) is 13.3. The molecule has 5 aliphatic rings. The molecule has 7 rings (SSSR count). The van der Waals surface area contributed by atoms with E-state index < -0.39 is 0 Å². The Hall–Kier alpha value is -2.41. The fourth-order valence-corrected chi connectivity index (χ4v) is 9.65. The summed E-state index contributed by atoms with van der Waals surface area (Å²) < 4.78 is 0. The quantitative estimate of drug-likeness (QED) is 0.635. The Morgan fingerprint density at radius 1 is 1.17 bits per heavy atom. The largest absolute Gasteiger partial charge is 0.508 e. The number of nitrogens with two attached hydrogens (primary N) is 1. The van der Waals surface area contributed by atoms with Crippen LogP contribution in [0, 0.1) is 17.3 Å². The molecule has 4 bridgehead atoms. The number of rotatable bonds is 4. The van der Waals surface area contributed by atoms with E-state index in [1.165, 1.54) is 11.1 Å². The zero-order valence-corrected chi connectivity index (χ0v) is 20.1. The van der Waals surface area contributed by atoms with Crippen LogP contribution in [-0.2, 0) is 11.8 Å². The number of carbonyl (C=O) groups excluding carboxylic acids is 1. The zero-order valence-electron chi connectivity index (χ0n) is 20.1. The number of aliphatic hydroxyl groups is 1. The second-order valence-electron chi connectivity index (χ2n) is 11.8. The molecule has 1 amide bonds. The first kappa shape index (κ1) is 21.8. The number of phenolic OH excluding ortho intramolecular Hbond substituents is 1. The number of fused-ring (bicyclic) bond motifs is 1. The summed E-state index contributed by atoms with van der Waals surface area (Å²) >= 11 is 0. The van der Waals surface area contributed by atoms with E-state index in [-0.39, 0.29) is 35.4 Å². The summed E-state index contributed by atoms with van der Waals surface area (Å²) in [5, 5.41) is 20.3. The Morgan fingerprint density at radius 3 is 2.80 bits per heavy atom. The van der Waals surface area contributed by atoms with Crippen LogP contribution in [0.25, 0.3) is 0 Å². The van der Waals surface area contributed by atoms with Crippen molar-refractivity contribution in [3.8, 4) is 5.75 Å². The van der Waals surface area contributed by atoms with E-state index >= 15 is 0 Å². The number of aliphatic hydroxyl groups excluding tert-OH is 1.